The van der Waals surface area contributed by atoms with E-state index in [-0.39, 0.29) is 12.1 Å². The summed E-state index contributed by atoms with van der Waals surface area (Å²) < 4.78 is 31.7. The van der Waals surface area contributed by atoms with Crippen LogP contribution in [0, 0.1) is 0 Å². The Kier molecular flexibility index (Phi) is 9.03. The first kappa shape index (κ1) is 26.4. The van der Waals surface area contributed by atoms with Crippen LogP contribution in [0.5, 0.6) is 0 Å². The minimum absolute atomic E-state index is 0.259. The van der Waals surface area contributed by atoms with E-state index >= 15 is 0 Å². The SMILES string of the molecule is N[C@@H](Cc1ccccc1)[C@@H](O)CN1Cc2ccccc2CC1c1ccccc1.O=C(O)C(F)(F)F. The summed E-state index contributed by atoms with van der Waals surface area (Å²) in [6.07, 6.45) is -4.01. The number of aliphatic hydroxyl groups is 1. The molecule has 35 heavy (non-hydrogen) atoms. The van der Waals surface area contributed by atoms with Crippen LogP contribution in [-0.4, -0.2) is 45.9 Å². The van der Waals surface area contributed by atoms with E-state index in [2.05, 4.69) is 71.6 Å². The molecule has 186 valence electrons. The van der Waals surface area contributed by atoms with Gasteiger partial charge in [0.25, 0.3) is 0 Å². The van der Waals surface area contributed by atoms with Gasteiger partial charge < -0.3 is 15.9 Å². The number of β-amino-alcohol motifs (C(OH)–C–C–N with tert-alkyl or cyclic N) is 1. The summed E-state index contributed by atoms with van der Waals surface area (Å²) in [5.41, 5.74) is 11.6. The minimum atomic E-state index is -5.08. The lowest BCUT2D eigenvalue weighted by Crippen LogP contribution is -2.47. The summed E-state index contributed by atoms with van der Waals surface area (Å²) in [5.74, 6) is -2.76. The predicted molar refractivity (Wildman–Crippen MR) is 128 cm³/mol. The molecule has 0 amide bonds. The average Bonchev–Trinajstić information content (AvgIpc) is 2.84. The van der Waals surface area contributed by atoms with Crippen LogP contribution in [0.2, 0.25) is 0 Å². The number of hydrogen-bond acceptors (Lipinski definition) is 4. The number of carboxylic acids is 1. The first-order valence-electron chi connectivity index (χ1n) is 11.3. The first-order chi connectivity index (χ1) is 16.6. The van der Waals surface area contributed by atoms with E-state index in [1.54, 1.807) is 0 Å². The zero-order chi connectivity index (χ0) is 25.4. The number of aliphatic hydroxyl groups excluding tert-OH is 1. The van der Waals surface area contributed by atoms with Gasteiger partial charge in [-0.1, -0.05) is 84.9 Å². The molecule has 8 heteroatoms. The van der Waals surface area contributed by atoms with Gasteiger partial charge in [0.1, 0.15) is 0 Å². The zero-order valence-corrected chi connectivity index (χ0v) is 19.1. The average molecular weight is 487 g/mol. The Morgan fingerprint density at radius 1 is 0.943 bits per heavy atom. The van der Waals surface area contributed by atoms with E-state index in [4.69, 9.17) is 15.6 Å². The van der Waals surface area contributed by atoms with Gasteiger partial charge in [0.05, 0.1) is 6.10 Å². The van der Waals surface area contributed by atoms with E-state index in [9.17, 15) is 18.3 Å². The third kappa shape index (κ3) is 7.65. The summed E-state index contributed by atoms with van der Waals surface area (Å²) in [4.78, 5) is 11.3. The fourth-order valence-corrected chi connectivity index (χ4v) is 4.17. The lowest BCUT2D eigenvalue weighted by Gasteiger charge is -2.39. The summed E-state index contributed by atoms with van der Waals surface area (Å²) in [6, 6.07) is 29.4. The van der Waals surface area contributed by atoms with E-state index in [0.29, 0.717) is 13.0 Å². The van der Waals surface area contributed by atoms with Gasteiger partial charge in [0.15, 0.2) is 0 Å². The molecule has 1 aliphatic rings. The molecule has 1 heterocycles. The van der Waals surface area contributed by atoms with Crippen LogP contribution in [0.1, 0.15) is 28.3 Å². The minimum Gasteiger partial charge on any atom is -0.475 e. The van der Waals surface area contributed by atoms with Crippen LogP contribution in [0.25, 0.3) is 0 Å². The van der Waals surface area contributed by atoms with Crippen molar-refractivity contribution < 1.29 is 28.2 Å². The molecule has 3 aromatic rings. The highest BCUT2D eigenvalue weighted by Gasteiger charge is 2.38. The predicted octanol–water partition coefficient (Wildman–Crippen LogP) is 4.35. The number of halogens is 3. The van der Waals surface area contributed by atoms with Gasteiger partial charge in [-0.3, -0.25) is 4.90 Å². The molecule has 0 bridgehead atoms. The largest absolute Gasteiger partial charge is 0.490 e. The lowest BCUT2D eigenvalue weighted by molar-refractivity contribution is -0.192. The first-order valence-corrected chi connectivity index (χ1v) is 11.3. The molecule has 4 rings (SSSR count). The monoisotopic (exact) mass is 486 g/mol. The number of carbonyl (C=O) groups is 1. The summed E-state index contributed by atoms with van der Waals surface area (Å²) in [5, 5.41) is 18.0. The van der Waals surface area contributed by atoms with Crippen molar-refractivity contribution in [1.82, 2.24) is 4.90 Å². The highest BCUT2D eigenvalue weighted by molar-refractivity contribution is 5.73. The molecule has 1 unspecified atom stereocenters. The number of fused-ring (bicyclic) bond motifs is 1. The van der Waals surface area contributed by atoms with Crippen LogP contribution >= 0.6 is 0 Å². The van der Waals surface area contributed by atoms with Crippen molar-refractivity contribution in [2.45, 2.75) is 43.8 Å². The molecule has 5 nitrogen and oxygen atoms in total. The van der Waals surface area contributed by atoms with Gasteiger partial charge in [-0.05, 0) is 35.1 Å². The second-order valence-corrected chi connectivity index (χ2v) is 8.55. The number of carboxylic acid groups (broad SMARTS) is 1. The topological polar surface area (TPSA) is 86.8 Å². The van der Waals surface area contributed by atoms with E-state index in [1.807, 2.05) is 18.2 Å². The van der Waals surface area contributed by atoms with Crippen molar-refractivity contribution in [2.75, 3.05) is 6.54 Å². The van der Waals surface area contributed by atoms with Crippen molar-refractivity contribution >= 4 is 5.97 Å². The lowest BCUT2D eigenvalue weighted by atomic mass is 9.89. The van der Waals surface area contributed by atoms with Gasteiger partial charge in [0, 0.05) is 25.2 Å². The fraction of sp³-hybridized carbons (Fsp3) is 0.296. The summed E-state index contributed by atoms with van der Waals surface area (Å²) in [7, 11) is 0. The van der Waals surface area contributed by atoms with Crippen molar-refractivity contribution in [1.29, 1.82) is 0 Å². The van der Waals surface area contributed by atoms with E-state index < -0.39 is 18.2 Å². The molecular weight excluding hydrogens is 457 g/mol. The Hall–Kier alpha value is -3.20. The number of aliphatic carboxylic acids is 1. The van der Waals surface area contributed by atoms with Crippen LogP contribution in [-0.2, 0) is 24.2 Å². The van der Waals surface area contributed by atoms with Gasteiger partial charge in [-0.25, -0.2) is 4.79 Å². The van der Waals surface area contributed by atoms with Crippen molar-refractivity contribution in [3.63, 3.8) is 0 Å². The maximum Gasteiger partial charge on any atom is 0.490 e. The molecular formula is C27H29F3N2O3. The molecule has 0 spiro atoms. The number of nitrogens with zero attached hydrogens (tertiary/aromatic N) is 1. The Morgan fingerprint density at radius 3 is 2.03 bits per heavy atom. The fourth-order valence-electron chi connectivity index (χ4n) is 4.17. The normalized spacial score (nSPS) is 17.5. The third-order valence-electron chi connectivity index (χ3n) is 6.00. The van der Waals surface area contributed by atoms with Crippen LogP contribution in [0.15, 0.2) is 84.9 Å². The summed E-state index contributed by atoms with van der Waals surface area (Å²) in [6.45, 7) is 1.41. The molecule has 0 aromatic heterocycles. The third-order valence-corrected chi connectivity index (χ3v) is 6.00. The van der Waals surface area contributed by atoms with Crippen LogP contribution in [0.4, 0.5) is 13.2 Å². The molecule has 4 N–H and O–H groups in total. The Morgan fingerprint density at radius 2 is 1.46 bits per heavy atom. The zero-order valence-electron chi connectivity index (χ0n) is 19.1. The molecule has 0 saturated carbocycles. The molecule has 0 saturated heterocycles. The number of rotatable bonds is 6. The molecule has 0 aliphatic carbocycles. The van der Waals surface area contributed by atoms with Crippen molar-refractivity contribution in [3.05, 3.63) is 107 Å². The Bertz CT molecular complexity index is 1080. The Balaban J connectivity index is 0.000000429. The summed E-state index contributed by atoms with van der Waals surface area (Å²) >= 11 is 0. The molecule has 0 radical (unpaired) electrons. The van der Waals surface area contributed by atoms with E-state index in [0.717, 1.165) is 18.5 Å². The second kappa shape index (κ2) is 12.0. The smallest absolute Gasteiger partial charge is 0.475 e. The highest BCUT2D eigenvalue weighted by Crippen LogP contribution is 2.33. The maximum absolute atomic E-state index is 10.9. The van der Waals surface area contributed by atoms with Crippen LogP contribution < -0.4 is 5.73 Å². The number of benzene rings is 3. The quantitative estimate of drug-likeness (QED) is 0.482. The van der Waals surface area contributed by atoms with Gasteiger partial charge in [-0.2, -0.15) is 13.2 Å². The molecule has 1 aliphatic heterocycles. The van der Waals surface area contributed by atoms with Crippen molar-refractivity contribution in [2.24, 2.45) is 5.73 Å². The Labute approximate surface area is 202 Å². The highest BCUT2D eigenvalue weighted by atomic mass is 19.4. The van der Waals surface area contributed by atoms with E-state index in [1.165, 1.54) is 16.7 Å². The number of alkyl halides is 3. The maximum atomic E-state index is 10.9. The van der Waals surface area contributed by atoms with Crippen molar-refractivity contribution in [3.8, 4) is 0 Å². The standard InChI is InChI=1S/C25H28N2O.C2HF3O2/c26-23(15-19-9-3-1-4-10-19)25(28)18-27-17-22-14-8-7-13-21(22)16-24(27)20-11-5-2-6-12-20;3-2(4,5)1(6)7/h1-14,23-25,28H,15-18,26H2;(H,6,7)/t23-,24?,25-;/m0./s1. The molecule has 3 atom stereocenters. The second-order valence-electron chi connectivity index (χ2n) is 8.55. The molecule has 3 aromatic carbocycles. The van der Waals surface area contributed by atoms with Gasteiger partial charge in [0.2, 0.25) is 0 Å². The number of hydrogen-bond donors (Lipinski definition) is 3. The molecule has 0 fully saturated rings. The number of nitrogens with two attached hydrogens (primary N) is 1. The van der Waals surface area contributed by atoms with Crippen LogP contribution in [0.3, 0.4) is 0 Å². The van der Waals surface area contributed by atoms with Gasteiger partial charge in [-0.15, -0.1) is 0 Å². The van der Waals surface area contributed by atoms with Gasteiger partial charge >= 0.3 is 12.1 Å².